The van der Waals surface area contributed by atoms with Crippen LogP contribution >= 0.6 is 0 Å². The van der Waals surface area contributed by atoms with Crippen LogP contribution in [0.25, 0.3) is 0 Å². The molecule has 1 saturated heterocycles. The third kappa shape index (κ3) is 2.56. The number of amides is 3. The average Bonchev–Trinajstić information content (AvgIpc) is 2.27. The molecule has 0 atom stereocenters. The number of rotatable bonds is 0. The highest BCUT2D eigenvalue weighted by atomic mass is 16.4. The maximum Gasteiger partial charge on any atom is 0.394 e. The molecule has 15 heavy (non-hydrogen) atoms. The maximum atomic E-state index is 11.0. The summed E-state index contributed by atoms with van der Waals surface area (Å²) in [6.07, 6.45) is 0. The van der Waals surface area contributed by atoms with Gasteiger partial charge in [-0.15, -0.1) is 0 Å². The molecule has 0 radical (unpaired) electrons. The summed E-state index contributed by atoms with van der Waals surface area (Å²) < 4.78 is 0. The first-order valence-corrected chi connectivity index (χ1v) is 4.34. The topological polar surface area (TPSA) is 116 Å². The van der Waals surface area contributed by atoms with Crippen LogP contribution in [0.1, 0.15) is 0 Å². The van der Waals surface area contributed by atoms with Gasteiger partial charge >= 0.3 is 17.9 Å². The highest BCUT2D eigenvalue weighted by molar-refractivity contribution is 6.31. The first kappa shape index (κ1) is 11.2. The number of carboxylic acid groups (broad SMARTS) is 1. The van der Waals surface area contributed by atoms with Crippen molar-refractivity contribution in [1.29, 1.82) is 0 Å². The second-order valence-electron chi connectivity index (χ2n) is 3.03. The lowest BCUT2D eigenvalue weighted by Crippen LogP contribution is -2.55. The molecule has 8 nitrogen and oxygen atoms in total. The third-order valence-electron chi connectivity index (χ3n) is 2.16. The lowest BCUT2D eigenvalue weighted by molar-refractivity contribution is -0.156. The van der Waals surface area contributed by atoms with E-state index >= 15 is 0 Å². The monoisotopic (exact) mass is 216 g/mol. The second-order valence-corrected chi connectivity index (χ2v) is 3.03. The molecular weight excluding hydrogens is 204 g/mol. The van der Waals surface area contributed by atoms with Crippen molar-refractivity contribution >= 4 is 17.9 Å². The Balaban J connectivity index is 2.46. The first-order chi connectivity index (χ1) is 7.06. The van der Waals surface area contributed by atoms with Gasteiger partial charge < -0.3 is 14.9 Å². The van der Waals surface area contributed by atoms with Crippen LogP contribution < -0.4 is 11.3 Å². The predicted molar refractivity (Wildman–Crippen MR) is 48.5 cm³/mol. The van der Waals surface area contributed by atoms with Crippen LogP contribution in [-0.4, -0.2) is 59.0 Å². The minimum Gasteiger partial charge on any atom is -0.474 e. The Morgan fingerprint density at radius 1 is 1.07 bits per heavy atom. The summed E-state index contributed by atoms with van der Waals surface area (Å²) in [5.74, 6) is 2.51. The number of hydrazine groups is 1. The Morgan fingerprint density at radius 2 is 1.53 bits per heavy atom. The largest absolute Gasteiger partial charge is 0.474 e. The van der Waals surface area contributed by atoms with Crippen molar-refractivity contribution in [1.82, 2.24) is 15.2 Å². The van der Waals surface area contributed by atoms with Crippen LogP contribution in [0.15, 0.2) is 0 Å². The maximum absolute atomic E-state index is 11.0. The number of aliphatic carboxylic acids is 1. The van der Waals surface area contributed by atoms with E-state index in [2.05, 4.69) is 0 Å². The van der Waals surface area contributed by atoms with E-state index < -0.39 is 17.9 Å². The molecule has 0 aromatic carbocycles. The number of nitrogens with one attached hydrogen (secondary N) is 1. The molecule has 0 aliphatic carbocycles. The van der Waals surface area contributed by atoms with Crippen LogP contribution in [0.2, 0.25) is 0 Å². The van der Waals surface area contributed by atoms with Crippen molar-refractivity contribution < 1.29 is 19.5 Å². The molecule has 84 valence electrons. The van der Waals surface area contributed by atoms with Gasteiger partial charge in [0.1, 0.15) is 0 Å². The Bertz CT molecular complexity index is 285. The van der Waals surface area contributed by atoms with Gasteiger partial charge in [-0.2, -0.15) is 0 Å². The molecule has 1 rings (SSSR count). The predicted octanol–water partition coefficient (Wildman–Crippen LogP) is -2.20. The summed E-state index contributed by atoms with van der Waals surface area (Å²) in [7, 11) is 0. The number of carbonyl (C=O) groups excluding carboxylic acids is 2. The van der Waals surface area contributed by atoms with Gasteiger partial charge in [0, 0.05) is 26.2 Å². The van der Waals surface area contributed by atoms with Crippen molar-refractivity contribution in [3.63, 3.8) is 0 Å². The number of hydrogen-bond acceptors (Lipinski definition) is 4. The van der Waals surface area contributed by atoms with Gasteiger partial charge in [-0.3, -0.25) is 10.2 Å². The van der Waals surface area contributed by atoms with Crippen molar-refractivity contribution in [2.45, 2.75) is 0 Å². The molecule has 0 saturated carbocycles. The molecule has 0 unspecified atom stereocenters. The molecule has 1 aliphatic rings. The van der Waals surface area contributed by atoms with Gasteiger partial charge in [-0.25, -0.2) is 15.4 Å². The van der Waals surface area contributed by atoms with E-state index in [4.69, 9.17) is 10.9 Å². The molecule has 4 N–H and O–H groups in total. The Kier molecular flexibility index (Phi) is 3.45. The van der Waals surface area contributed by atoms with Gasteiger partial charge in [0.2, 0.25) is 0 Å². The summed E-state index contributed by atoms with van der Waals surface area (Å²) in [6.45, 7) is 0.973. The van der Waals surface area contributed by atoms with Gasteiger partial charge in [0.15, 0.2) is 0 Å². The minimum atomic E-state index is -1.48. The number of nitrogens with zero attached hydrogens (tertiary/aromatic N) is 2. The normalized spacial score (nSPS) is 16.1. The van der Waals surface area contributed by atoms with Crippen molar-refractivity contribution in [2.75, 3.05) is 26.2 Å². The van der Waals surface area contributed by atoms with E-state index in [1.54, 1.807) is 0 Å². The van der Waals surface area contributed by atoms with E-state index in [9.17, 15) is 14.4 Å². The highest BCUT2D eigenvalue weighted by Gasteiger charge is 2.26. The summed E-state index contributed by atoms with van der Waals surface area (Å²) in [5.41, 5.74) is 1.97. The van der Waals surface area contributed by atoms with Crippen molar-refractivity contribution in [3.05, 3.63) is 0 Å². The standard InChI is InChI=1S/C7H12N4O4/c8-9-7(15)11-3-1-10(2-4-11)5(12)6(13)14/h1-4,8H2,(H,9,15)(H,13,14). The Hall–Kier alpha value is -1.83. The molecule has 0 spiro atoms. The average molecular weight is 216 g/mol. The fourth-order valence-electron chi connectivity index (χ4n) is 1.34. The lowest BCUT2D eigenvalue weighted by Gasteiger charge is -2.33. The van der Waals surface area contributed by atoms with E-state index in [-0.39, 0.29) is 26.2 Å². The zero-order valence-corrected chi connectivity index (χ0v) is 7.97. The third-order valence-corrected chi connectivity index (χ3v) is 2.16. The SMILES string of the molecule is NNC(=O)N1CCN(C(=O)C(=O)O)CC1. The molecule has 3 amide bonds. The fourth-order valence-corrected chi connectivity index (χ4v) is 1.34. The number of nitrogens with two attached hydrogens (primary N) is 1. The Morgan fingerprint density at radius 3 is 1.93 bits per heavy atom. The van der Waals surface area contributed by atoms with Gasteiger partial charge in [0.25, 0.3) is 0 Å². The smallest absolute Gasteiger partial charge is 0.394 e. The second kappa shape index (κ2) is 4.60. The molecule has 1 heterocycles. The number of carboxylic acids is 1. The molecule has 1 aliphatic heterocycles. The molecular formula is C7H12N4O4. The summed E-state index contributed by atoms with van der Waals surface area (Å²) in [5, 5.41) is 8.45. The van der Waals surface area contributed by atoms with Gasteiger partial charge in [-0.05, 0) is 0 Å². The van der Waals surface area contributed by atoms with Crippen molar-refractivity contribution in [2.24, 2.45) is 5.84 Å². The molecule has 1 fully saturated rings. The highest BCUT2D eigenvalue weighted by Crippen LogP contribution is 2.02. The summed E-state index contributed by atoms with van der Waals surface area (Å²) in [6, 6.07) is -0.433. The molecule has 0 bridgehead atoms. The van der Waals surface area contributed by atoms with Gasteiger partial charge in [-0.1, -0.05) is 0 Å². The zero-order valence-electron chi connectivity index (χ0n) is 7.97. The molecule has 0 aromatic heterocycles. The van der Waals surface area contributed by atoms with E-state index in [1.807, 2.05) is 5.43 Å². The number of carbonyl (C=O) groups is 3. The zero-order chi connectivity index (χ0) is 11.4. The van der Waals surface area contributed by atoms with Crippen LogP contribution in [0, 0.1) is 0 Å². The van der Waals surface area contributed by atoms with E-state index in [1.165, 1.54) is 9.80 Å². The van der Waals surface area contributed by atoms with Gasteiger partial charge in [0.05, 0.1) is 0 Å². The van der Waals surface area contributed by atoms with E-state index in [0.717, 1.165) is 0 Å². The van der Waals surface area contributed by atoms with Crippen molar-refractivity contribution in [3.8, 4) is 0 Å². The fraction of sp³-hybridized carbons (Fsp3) is 0.571. The number of hydrogen-bond donors (Lipinski definition) is 3. The van der Waals surface area contributed by atoms with Crippen LogP contribution in [0.3, 0.4) is 0 Å². The Labute approximate surface area is 85.6 Å². The van der Waals surface area contributed by atoms with Crippen LogP contribution in [-0.2, 0) is 9.59 Å². The minimum absolute atomic E-state index is 0.207. The number of urea groups is 1. The lowest BCUT2D eigenvalue weighted by atomic mass is 10.3. The first-order valence-electron chi connectivity index (χ1n) is 4.34. The molecule has 0 aromatic rings. The summed E-state index contributed by atoms with van der Waals surface area (Å²) >= 11 is 0. The van der Waals surface area contributed by atoms with E-state index in [0.29, 0.717) is 0 Å². The van der Waals surface area contributed by atoms with Crippen LogP contribution in [0.5, 0.6) is 0 Å². The summed E-state index contributed by atoms with van der Waals surface area (Å²) in [4.78, 5) is 35.0. The number of piperazine rings is 1. The van der Waals surface area contributed by atoms with Crippen LogP contribution in [0.4, 0.5) is 4.79 Å². The molecule has 8 heteroatoms. The quantitative estimate of drug-likeness (QED) is 0.184.